The summed E-state index contributed by atoms with van der Waals surface area (Å²) in [5.41, 5.74) is 11.6. The smallest absolute Gasteiger partial charge is 0.189 e. The van der Waals surface area contributed by atoms with Crippen LogP contribution in [0.25, 0.3) is 22.3 Å². The normalized spacial score (nSPS) is 10.5. The molecule has 1 heterocycles. The number of para-hydroxylation sites is 2. The molecule has 0 unspecified atom stereocenters. The van der Waals surface area contributed by atoms with Crippen molar-refractivity contribution < 1.29 is 0 Å². The van der Waals surface area contributed by atoms with Crippen molar-refractivity contribution in [3.05, 3.63) is 84.4 Å². The van der Waals surface area contributed by atoms with E-state index in [0.717, 1.165) is 33.5 Å². The molecular weight excluding hydrogens is 366 g/mol. The van der Waals surface area contributed by atoms with Crippen LogP contribution in [0.4, 0.5) is 11.5 Å². The Morgan fingerprint density at radius 1 is 0.821 bits per heavy atom. The molecule has 0 spiro atoms. The summed E-state index contributed by atoms with van der Waals surface area (Å²) in [6.07, 6.45) is 0. The maximum absolute atomic E-state index is 5.40. The number of thiocarbonyl (C=S) groups is 1. The highest BCUT2D eigenvalue weighted by atomic mass is 32.1. The maximum Gasteiger partial charge on any atom is 0.189 e. The van der Waals surface area contributed by atoms with E-state index in [0.29, 0.717) is 10.9 Å². The van der Waals surface area contributed by atoms with Crippen molar-refractivity contribution in [3.8, 4) is 11.3 Å². The van der Waals surface area contributed by atoms with E-state index >= 15 is 0 Å². The summed E-state index contributed by atoms with van der Waals surface area (Å²) in [7, 11) is 0. The molecule has 138 valence electrons. The van der Waals surface area contributed by atoms with Gasteiger partial charge in [0, 0.05) is 11.3 Å². The molecule has 6 heteroatoms. The fourth-order valence-corrected chi connectivity index (χ4v) is 3.05. The number of fused-ring (bicyclic) bond motifs is 1. The van der Waals surface area contributed by atoms with Crippen molar-refractivity contribution in [2.75, 3.05) is 10.7 Å². The molecule has 0 amide bonds. The molecule has 0 saturated heterocycles. The van der Waals surface area contributed by atoms with E-state index in [4.69, 9.17) is 22.2 Å². The molecule has 3 aromatic carbocycles. The van der Waals surface area contributed by atoms with Gasteiger partial charge in [0.15, 0.2) is 10.9 Å². The average molecular weight is 385 g/mol. The molecule has 0 aliphatic heterocycles. The molecule has 3 N–H and O–H groups in total. The highest BCUT2D eigenvalue weighted by molar-refractivity contribution is 7.80. The van der Waals surface area contributed by atoms with Gasteiger partial charge in [-0.3, -0.25) is 10.9 Å². The summed E-state index contributed by atoms with van der Waals surface area (Å²) in [5, 5.41) is 3.60. The quantitative estimate of drug-likeness (QED) is 0.342. The predicted octanol–water partition coefficient (Wildman–Crippen LogP) is 4.92. The van der Waals surface area contributed by atoms with Crippen LogP contribution in [-0.4, -0.2) is 15.1 Å². The van der Waals surface area contributed by atoms with Crippen LogP contribution in [0.15, 0.2) is 78.9 Å². The topological polar surface area (TPSA) is 61.9 Å². The Kier molecular flexibility index (Phi) is 5.12. The Balaban J connectivity index is 1.59. The molecule has 0 atom stereocenters. The summed E-state index contributed by atoms with van der Waals surface area (Å²) in [4.78, 5) is 9.51. The van der Waals surface area contributed by atoms with Crippen LogP contribution in [0.3, 0.4) is 0 Å². The standard InChI is InChI=1S/C22H19N5S/c1-15-8-7-11-17(14-15)23-22(28)27-26-21-20(16-9-3-2-4-10-16)24-18-12-5-6-13-19(18)25-21/h2-14H,1H3,(H,25,26)(H2,23,27,28). The lowest BCUT2D eigenvalue weighted by Crippen LogP contribution is -2.34. The van der Waals surface area contributed by atoms with Crippen LogP contribution in [0.1, 0.15) is 5.56 Å². The average Bonchev–Trinajstić information content (AvgIpc) is 2.72. The number of rotatable bonds is 4. The predicted molar refractivity (Wildman–Crippen MR) is 119 cm³/mol. The lowest BCUT2D eigenvalue weighted by atomic mass is 10.1. The highest BCUT2D eigenvalue weighted by Crippen LogP contribution is 2.26. The van der Waals surface area contributed by atoms with E-state index in [2.05, 4.69) is 16.2 Å². The number of anilines is 2. The summed E-state index contributed by atoms with van der Waals surface area (Å²) >= 11 is 5.40. The second kappa shape index (κ2) is 8.02. The van der Waals surface area contributed by atoms with Crippen molar-refractivity contribution in [1.82, 2.24) is 15.4 Å². The van der Waals surface area contributed by atoms with Crippen molar-refractivity contribution >= 4 is 39.9 Å². The van der Waals surface area contributed by atoms with Crippen molar-refractivity contribution in [2.45, 2.75) is 6.92 Å². The van der Waals surface area contributed by atoms with Gasteiger partial charge in [0.2, 0.25) is 0 Å². The number of benzene rings is 3. The fourth-order valence-electron chi connectivity index (χ4n) is 2.89. The number of nitrogens with zero attached hydrogens (tertiary/aromatic N) is 2. The van der Waals surface area contributed by atoms with Gasteiger partial charge in [-0.05, 0) is 49.0 Å². The summed E-state index contributed by atoms with van der Waals surface area (Å²) in [6, 6.07) is 25.8. The molecule has 0 bridgehead atoms. The van der Waals surface area contributed by atoms with Gasteiger partial charge >= 0.3 is 0 Å². The number of hydrazine groups is 1. The van der Waals surface area contributed by atoms with E-state index in [-0.39, 0.29) is 0 Å². The molecule has 4 aromatic rings. The van der Waals surface area contributed by atoms with Gasteiger partial charge in [-0.25, -0.2) is 9.97 Å². The third kappa shape index (κ3) is 4.07. The first kappa shape index (κ1) is 17.9. The minimum Gasteiger partial charge on any atom is -0.331 e. The number of hydrogen-bond acceptors (Lipinski definition) is 4. The molecule has 28 heavy (non-hydrogen) atoms. The van der Waals surface area contributed by atoms with Gasteiger partial charge < -0.3 is 5.32 Å². The van der Waals surface area contributed by atoms with Crippen LogP contribution in [0, 0.1) is 6.92 Å². The minimum absolute atomic E-state index is 0.444. The fraction of sp³-hybridized carbons (Fsp3) is 0.0455. The lowest BCUT2D eigenvalue weighted by Gasteiger charge is -2.15. The van der Waals surface area contributed by atoms with Crippen molar-refractivity contribution in [3.63, 3.8) is 0 Å². The zero-order chi connectivity index (χ0) is 19.3. The van der Waals surface area contributed by atoms with Crippen LogP contribution in [0.5, 0.6) is 0 Å². The van der Waals surface area contributed by atoms with Gasteiger partial charge in [0.05, 0.1) is 11.0 Å². The Morgan fingerprint density at radius 2 is 1.54 bits per heavy atom. The molecule has 0 radical (unpaired) electrons. The van der Waals surface area contributed by atoms with Gasteiger partial charge in [-0.2, -0.15) is 0 Å². The first-order valence-corrected chi connectivity index (χ1v) is 9.32. The van der Waals surface area contributed by atoms with Crippen LogP contribution in [0.2, 0.25) is 0 Å². The maximum atomic E-state index is 5.40. The Labute approximate surface area is 168 Å². The van der Waals surface area contributed by atoms with E-state index < -0.39 is 0 Å². The molecule has 0 aliphatic carbocycles. The third-order valence-electron chi connectivity index (χ3n) is 4.19. The molecular formula is C22H19N5S. The van der Waals surface area contributed by atoms with Crippen molar-refractivity contribution in [1.29, 1.82) is 0 Å². The molecule has 4 rings (SSSR count). The SMILES string of the molecule is Cc1cccc(NC(=S)NNc2nc3ccccc3nc2-c2ccccc2)c1. The zero-order valence-corrected chi connectivity index (χ0v) is 16.1. The van der Waals surface area contributed by atoms with Crippen molar-refractivity contribution in [2.24, 2.45) is 0 Å². The van der Waals surface area contributed by atoms with E-state index in [1.54, 1.807) is 0 Å². The van der Waals surface area contributed by atoms with Gasteiger partial charge in [0.1, 0.15) is 5.69 Å². The largest absolute Gasteiger partial charge is 0.331 e. The minimum atomic E-state index is 0.444. The van der Waals surface area contributed by atoms with E-state index in [1.807, 2.05) is 85.8 Å². The second-order valence-corrected chi connectivity index (χ2v) is 6.76. The Bertz CT molecular complexity index is 1130. The van der Waals surface area contributed by atoms with E-state index in [9.17, 15) is 0 Å². The molecule has 0 saturated carbocycles. The monoisotopic (exact) mass is 385 g/mol. The van der Waals surface area contributed by atoms with Crippen LogP contribution in [-0.2, 0) is 0 Å². The number of aromatic nitrogens is 2. The van der Waals surface area contributed by atoms with Gasteiger partial charge in [-0.15, -0.1) is 0 Å². The Hall–Kier alpha value is -3.51. The highest BCUT2D eigenvalue weighted by Gasteiger charge is 2.11. The molecule has 0 fully saturated rings. The number of hydrogen-bond donors (Lipinski definition) is 3. The molecule has 1 aromatic heterocycles. The summed E-state index contributed by atoms with van der Waals surface area (Å²) in [6.45, 7) is 2.04. The van der Waals surface area contributed by atoms with Gasteiger partial charge in [-0.1, -0.05) is 54.6 Å². The first-order chi connectivity index (χ1) is 13.7. The second-order valence-electron chi connectivity index (χ2n) is 6.35. The molecule has 0 aliphatic rings. The summed E-state index contributed by atoms with van der Waals surface area (Å²) < 4.78 is 0. The number of aryl methyl sites for hydroxylation is 1. The van der Waals surface area contributed by atoms with Gasteiger partial charge in [0.25, 0.3) is 0 Å². The first-order valence-electron chi connectivity index (χ1n) is 8.91. The Morgan fingerprint density at radius 3 is 2.29 bits per heavy atom. The van der Waals surface area contributed by atoms with E-state index in [1.165, 1.54) is 0 Å². The summed E-state index contributed by atoms with van der Waals surface area (Å²) in [5.74, 6) is 0.610. The van der Waals surface area contributed by atoms with Crippen LogP contribution < -0.4 is 16.2 Å². The zero-order valence-electron chi connectivity index (χ0n) is 15.3. The molecule has 5 nitrogen and oxygen atoms in total. The number of nitrogens with one attached hydrogen (secondary N) is 3. The lowest BCUT2D eigenvalue weighted by molar-refractivity contribution is 1.09. The third-order valence-corrected chi connectivity index (χ3v) is 4.39. The van der Waals surface area contributed by atoms with Crippen LogP contribution >= 0.6 is 12.2 Å².